The molecule has 1 heterocycles. The second-order valence-corrected chi connectivity index (χ2v) is 3.73. The molecule has 1 amide bonds. The van der Waals surface area contributed by atoms with E-state index in [0.717, 1.165) is 15.8 Å². The van der Waals surface area contributed by atoms with Crippen LogP contribution in [0.15, 0.2) is 22.7 Å². The smallest absolute Gasteiger partial charge is 0.258 e. The predicted octanol–water partition coefficient (Wildman–Crippen LogP) is 1.46. The minimum Gasteiger partial charge on any atom is -0.483 e. The van der Waals surface area contributed by atoms with Crippen molar-refractivity contribution in [1.82, 2.24) is 5.32 Å². The first-order valence-electron chi connectivity index (χ1n) is 3.93. The Labute approximate surface area is 84.2 Å². The molecule has 3 nitrogen and oxygen atoms in total. The second-order valence-electron chi connectivity index (χ2n) is 2.82. The van der Waals surface area contributed by atoms with E-state index in [0.29, 0.717) is 6.54 Å². The molecular formula is C9H8BrNO2. The molecule has 0 fully saturated rings. The molecule has 2 rings (SSSR count). The lowest BCUT2D eigenvalue weighted by Gasteiger charge is -2.04. The number of fused-ring (bicyclic) bond motifs is 1. The first kappa shape index (κ1) is 8.56. The molecule has 1 aromatic carbocycles. The molecule has 0 spiro atoms. The van der Waals surface area contributed by atoms with Gasteiger partial charge in [0.25, 0.3) is 5.91 Å². The van der Waals surface area contributed by atoms with E-state index in [2.05, 4.69) is 21.2 Å². The Morgan fingerprint density at radius 1 is 1.46 bits per heavy atom. The van der Waals surface area contributed by atoms with Gasteiger partial charge in [-0.25, -0.2) is 0 Å². The first-order chi connectivity index (χ1) is 6.25. The lowest BCUT2D eigenvalue weighted by atomic mass is 10.2. The maximum Gasteiger partial charge on any atom is 0.258 e. The third kappa shape index (κ3) is 1.83. The Hall–Kier alpha value is -1.03. The third-order valence-electron chi connectivity index (χ3n) is 1.86. The monoisotopic (exact) mass is 241 g/mol. The molecule has 0 saturated carbocycles. The van der Waals surface area contributed by atoms with E-state index in [9.17, 15) is 4.79 Å². The highest BCUT2D eigenvalue weighted by Crippen LogP contribution is 2.24. The summed E-state index contributed by atoms with van der Waals surface area (Å²) < 4.78 is 6.27. The van der Waals surface area contributed by atoms with E-state index in [1.54, 1.807) is 0 Å². The number of nitrogens with one attached hydrogen (secondary N) is 1. The van der Waals surface area contributed by atoms with E-state index < -0.39 is 0 Å². The number of amides is 1. The molecule has 68 valence electrons. The van der Waals surface area contributed by atoms with Crippen molar-refractivity contribution < 1.29 is 9.53 Å². The molecule has 1 aromatic rings. The topological polar surface area (TPSA) is 38.3 Å². The largest absolute Gasteiger partial charge is 0.483 e. The maximum atomic E-state index is 11.0. The van der Waals surface area contributed by atoms with E-state index in [-0.39, 0.29) is 12.5 Å². The molecule has 1 aliphatic rings. The van der Waals surface area contributed by atoms with Crippen LogP contribution in [0.3, 0.4) is 0 Å². The fraction of sp³-hybridized carbons (Fsp3) is 0.222. The average molecular weight is 242 g/mol. The molecule has 1 N–H and O–H groups in total. The van der Waals surface area contributed by atoms with Crippen LogP contribution < -0.4 is 10.1 Å². The van der Waals surface area contributed by atoms with Gasteiger partial charge in [0.05, 0.1) is 0 Å². The maximum absolute atomic E-state index is 11.0. The minimum atomic E-state index is -0.0766. The van der Waals surface area contributed by atoms with Gasteiger partial charge in [-0.15, -0.1) is 0 Å². The zero-order valence-electron chi connectivity index (χ0n) is 6.84. The number of halogens is 1. The number of rotatable bonds is 0. The molecule has 1 aliphatic heterocycles. The summed E-state index contributed by atoms with van der Waals surface area (Å²) in [6.07, 6.45) is 0. The van der Waals surface area contributed by atoms with Crippen molar-refractivity contribution in [2.24, 2.45) is 0 Å². The Morgan fingerprint density at radius 3 is 3.15 bits per heavy atom. The second kappa shape index (κ2) is 3.38. The van der Waals surface area contributed by atoms with Gasteiger partial charge in [0.1, 0.15) is 5.75 Å². The van der Waals surface area contributed by atoms with Crippen LogP contribution in [0.1, 0.15) is 5.56 Å². The Balaban J connectivity index is 2.35. The van der Waals surface area contributed by atoms with Gasteiger partial charge in [-0.2, -0.15) is 0 Å². The van der Waals surface area contributed by atoms with E-state index >= 15 is 0 Å². The van der Waals surface area contributed by atoms with Gasteiger partial charge in [-0.3, -0.25) is 4.79 Å². The fourth-order valence-corrected chi connectivity index (χ4v) is 1.62. The van der Waals surface area contributed by atoms with Crippen molar-refractivity contribution in [3.05, 3.63) is 28.2 Å². The molecule has 4 heteroatoms. The highest BCUT2D eigenvalue weighted by Gasteiger charge is 2.12. The molecular weight excluding hydrogens is 234 g/mol. The number of hydrogen-bond donors (Lipinski definition) is 1. The Bertz CT molecular complexity index is 351. The van der Waals surface area contributed by atoms with Crippen LogP contribution in [-0.4, -0.2) is 12.5 Å². The molecule has 0 atom stereocenters. The zero-order valence-corrected chi connectivity index (χ0v) is 8.43. The Morgan fingerprint density at radius 2 is 2.31 bits per heavy atom. The first-order valence-corrected chi connectivity index (χ1v) is 4.73. The SMILES string of the molecule is O=C1COc2ccc(Br)cc2CN1. The van der Waals surface area contributed by atoms with Crippen LogP contribution in [0, 0.1) is 0 Å². The van der Waals surface area contributed by atoms with Crippen LogP contribution in [0.25, 0.3) is 0 Å². The molecule has 13 heavy (non-hydrogen) atoms. The van der Waals surface area contributed by atoms with Gasteiger partial charge in [0, 0.05) is 16.6 Å². The minimum absolute atomic E-state index is 0.0766. The summed E-state index contributed by atoms with van der Waals surface area (Å²) >= 11 is 3.36. The van der Waals surface area contributed by atoms with Crippen LogP contribution in [0.2, 0.25) is 0 Å². The average Bonchev–Trinajstić information content (AvgIpc) is 2.29. The number of ether oxygens (including phenoxy) is 1. The van der Waals surface area contributed by atoms with Gasteiger partial charge < -0.3 is 10.1 Å². The summed E-state index contributed by atoms with van der Waals surface area (Å²) in [5, 5.41) is 2.74. The summed E-state index contributed by atoms with van der Waals surface area (Å²) in [6.45, 7) is 0.641. The summed E-state index contributed by atoms with van der Waals surface area (Å²) in [6, 6.07) is 5.70. The van der Waals surface area contributed by atoms with Crippen molar-refractivity contribution in [3.63, 3.8) is 0 Å². The number of carbonyl (C=O) groups is 1. The highest BCUT2D eigenvalue weighted by atomic mass is 79.9. The summed E-state index contributed by atoms with van der Waals surface area (Å²) in [5.74, 6) is 0.703. The standard InChI is InChI=1S/C9H8BrNO2/c10-7-1-2-8-6(3-7)4-11-9(12)5-13-8/h1-3H,4-5H2,(H,11,12). The normalized spacial score (nSPS) is 15.3. The molecule has 0 saturated heterocycles. The van der Waals surface area contributed by atoms with Gasteiger partial charge in [0.2, 0.25) is 0 Å². The van der Waals surface area contributed by atoms with Crippen molar-refractivity contribution >= 4 is 21.8 Å². The Kier molecular flexibility index (Phi) is 2.22. The highest BCUT2D eigenvalue weighted by molar-refractivity contribution is 9.10. The predicted molar refractivity (Wildman–Crippen MR) is 51.5 cm³/mol. The number of benzene rings is 1. The van der Waals surface area contributed by atoms with Gasteiger partial charge in [0.15, 0.2) is 6.61 Å². The van der Waals surface area contributed by atoms with Crippen molar-refractivity contribution in [3.8, 4) is 5.75 Å². The van der Waals surface area contributed by atoms with Gasteiger partial charge in [-0.1, -0.05) is 15.9 Å². The van der Waals surface area contributed by atoms with Crippen LogP contribution >= 0.6 is 15.9 Å². The van der Waals surface area contributed by atoms with Crippen molar-refractivity contribution in [2.45, 2.75) is 6.54 Å². The van der Waals surface area contributed by atoms with Gasteiger partial charge in [-0.05, 0) is 18.2 Å². The summed E-state index contributed by atoms with van der Waals surface area (Å²) in [5.41, 5.74) is 1.00. The van der Waals surface area contributed by atoms with E-state index in [1.807, 2.05) is 18.2 Å². The van der Waals surface area contributed by atoms with Crippen molar-refractivity contribution in [1.29, 1.82) is 0 Å². The van der Waals surface area contributed by atoms with Crippen LogP contribution in [0.5, 0.6) is 5.75 Å². The molecule has 0 aliphatic carbocycles. The van der Waals surface area contributed by atoms with Crippen LogP contribution in [0.4, 0.5) is 0 Å². The molecule has 0 aromatic heterocycles. The molecule has 0 unspecified atom stereocenters. The lowest BCUT2D eigenvalue weighted by Crippen LogP contribution is -2.25. The van der Waals surface area contributed by atoms with E-state index in [4.69, 9.17) is 4.74 Å². The quantitative estimate of drug-likeness (QED) is 0.747. The summed E-state index contributed by atoms with van der Waals surface area (Å²) in [4.78, 5) is 11.0. The third-order valence-corrected chi connectivity index (χ3v) is 2.35. The molecule has 0 radical (unpaired) electrons. The lowest BCUT2D eigenvalue weighted by molar-refractivity contribution is -0.122. The zero-order chi connectivity index (χ0) is 9.26. The van der Waals surface area contributed by atoms with Gasteiger partial charge >= 0.3 is 0 Å². The summed E-state index contributed by atoms with van der Waals surface area (Å²) in [7, 11) is 0. The molecule has 0 bridgehead atoms. The number of carbonyl (C=O) groups excluding carboxylic acids is 1. The van der Waals surface area contributed by atoms with Crippen LogP contribution in [-0.2, 0) is 11.3 Å². The van der Waals surface area contributed by atoms with E-state index in [1.165, 1.54) is 0 Å². The number of hydrogen-bond acceptors (Lipinski definition) is 2. The fourth-order valence-electron chi connectivity index (χ4n) is 1.22. The van der Waals surface area contributed by atoms with Crippen molar-refractivity contribution in [2.75, 3.05) is 6.61 Å².